The highest BCUT2D eigenvalue weighted by atomic mass is 16.5. The fraction of sp³-hybridized carbons (Fsp3) is 0.500. The summed E-state index contributed by atoms with van der Waals surface area (Å²) in [5.74, 6) is 1.30. The average Bonchev–Trinajstić information content (AvgIpc) is 2.83. The van der Waals surface area contributed by atoms with Crippen LogP contribution in [0.1, 0.15) is 30.4 Å². The van der Waals surface area contributed by atoms with Crippen molar-refractivity contribution in [1.29, 1.82) is 0 Å². The van der Waals surface area contributed by atoms with E-state index in [9.17, 15) is 0 Å². The molecule has 6 heteroatoms. The maximum absolute atomic E-state index is 5.82. The Morgan fingerprint density at radius 2 is 2.38 bits per heavy atom. The first-order valence-electron chi connectivity index (χ1n) is 5.21. The Bertz CT molecular complexity index is 459. The van der Waals surface area contributed by atoms with Gasteiger partial charge in [-0.1, -0.05) is 5.16 Å². The van der Waals surface area contributed by atoms with Gasteiger partial charge in [-0.25, -0.2) is 4.98 Å². The van der Waals surface area contributed by atoms with E-state index < -0.39 is 0 Å². The van der Waals surface area contributed by atoms with E-state index in [1.165, 1.54) is 0 Å². The molecule has 6 nitrogen and oxygen atoms in total. The number of nitrogens with zero attached hydrogens (tertiary/aromatic N) is 4. The summed E-state index contributed by atoms with van der Waals surface area (Å²) in [6.07, 6.45) is 4.27. The number of imidazole rings is 1. The van der Waals surface area contributed by atoms with E-state index in [2.05, 4.69) is 15.1 Å². The van der Waals surface area contributed by atoms with Crippen LogP contribution in [0.15, 0.2) is 17.0 Å². The van der Waals surface area contributed by atoms with Gasteiger partial charge in [0.1, 0.15) is 0 Å². The van der Waals surface area contributed by atoms with Gasteiger partial charge in [0.05, 0.1) is 12.0 Å². The Morgan fingerprint density at radius 3 is 3.00 bits per heavy atom. The van der Waals surface area contributed by atoms with Crippen LogP contribution in [0.2, 0.25) is 0 Å². The summed E-state index contributed by atoms with van der Waals surface area (Å²) in [6, 6.07) is -0.0190. The number of aromatic nitrogens is 4. The molecule has 2 heterocycles. The zero-order valence-corrected chi connectivity index (χ0v) is 9.42. The molecule has 86 valence electrons. The van der Waals surface area contributed by atoms with Crippen LogP contribution in [0.3, 0.4) is 0 Å². The highest BCUT2D eigenvalue weighted by Gasteiger charge is 2.08. The van der Waals surface area contributed by atoms with Gasteiger partial charge in [0.15, 0.2) is 5.82 Å². The van der Waals surface area contributed by atoms with E-state index in [1.54, 1.807) is 19.4 Å². The van der Waals surface area contributed by atoms with Crippen molar-refractivity contribution in [1.82, 2.24) is 19.7 Å². The second kappa shape index (κ2) is 4.44. The fourth-order valence-electron chi connectivity index (χ4n) is 1.56. The lowest BCUT2D eigenvalue weighted by Crippen LogP contribution is -2.13. The van der Waals surface area contributed by atoms with Crippen LogP contribution in [-0.2, 0) is 13.0 Å². The standard InChI is InChI=1S/C10H15N5O/c1-7(11)9-5-12-6-15(9)4-3-10-13-8(2)16-14-10/h5-7H,3-4,11H2,1-2H3/t7-/m1/s1. The molecule has 0 spiro atoms. The minimum absolute atomic E-state index is 0.0190. The molecule has 2 aromatic heterocycles. The predicted octanol–water partition coefficient (Wildman–Crippen LogP) is 0.837. The number of hydrogen-bond acceptors (Lipinski definition) is 5. The smallest absolute Gasteiger partial charge is 0.223 e. The monoisotopic (exact) mass is 221 g/mol. The topological polar surface area (TPSA) is 82.8 Å². The van der Waals surface area contributed by atoms with E-state index in [0.717, 1.165) is 12.2 Å². The maximum Gasteiger partial charge on any atom is 0.223 e. The molecular weight excluding hydrogens is 206 g/mol. The van der Waals surface area contributed by atoms with Crippen LogP contribution in [0.5, 0.6) is 0 Å². The third kappa shape index (κ3) is 2.27. The zero-order chi connectivity index (χ0) is 11.5. The summed E-state index contributed by atoms with van der Waals surface area (Å²) in [5.41, 5.74) is 6.84. The van der Waals surface area contributed by atoms with Crippen LogP contribution in [0.25, 0.3) is 0 Å². The second-order valence-corrected chi connectivity index (χ2v) is 3.78. The molecule has 0 aromatic carbocycles. The molecule has 0 unspecified atom stereocenters. The van der Waals surface area contributed by atoms with Gasteiger partial charge >= 0.3 is 0 Å². The SMILES string of the molecule is Cc1nc(CCn2cncc2[C@@H](C)N)no1. The van der Waals surface area contributed by atoms with Gasteiger partial charge in [0.25, 0.3) is 0 Å². The average molecular weight is 221 g/mol. The van der Waals surface area contributed by atoms with E-state index in [0.29, 0.717) is 18.1 Å². The Labute approximate surface area is 93.5 Å². The van der Waals surface area contributed by atoms with Crippen molar-refractivity contribution in [3.8, 4) is 0 Å². The Hall–Kier alpha value is -1.69. The molecule has 0 aliphatic heterocycles. The molecule has 0 aliphatic rings. The predicted molar refractivity (Wildman–Crippen MR) is 57.6 cm³/mol. The maximum atomic E-state index is 5.82. The molecule has 0 amide bonds. The minimum Gasteiger partial charge on any atom is -0.340 e. The molecule has 0 saturated carbocycles. The molecule has 2 aromatic rings. The van der Waals surface area contributed by atoms with Crippen LogP contribution in [0.4, 0.5) is 0 Å². The first-order chi connectivity index (χ1) is 7.66. The third-order valence-corrected chi connectivity index (χ3v) is 2.36. The van der Waals surface area contributed by atoms with Gasteiger partial charge in [-0.15, -0.1) is 0 Å². The summed E-state index contributed by atoms with van der Waals surface area (Å²) in [5, 5.41) is 3.84. The number of rotatable bonds is 4. The van der Waals surface area contributed by atoms with Crippen molar-refractivity contribution < 1.29 is 4.52 Å². The zero-order valence-electron chi connectivity index (χ0n) is 9.42. The first-order valence-corrected chi connectivity index (χ1v) is 5.21. The normalized spacial score (nSPS) is 12.9. The number of nitrogens with two attached hydrogens (primary N) is 1. The fourth-order valence-corrected chi connectivity index (χ4v) is 1.56. The summed E-state index contributed by atoms with van der Waals surface area (Å²) in [6.45, 7) is 4.48. The Balaban J connectivity index is 2.02. The van der Waals surface area contributed by atoms with E-state index in [1.807, 2.05) is 11.5 Å². The van der Waals surface area contributed by atoms with Gasteiger partial charge < -0.3 is 14.8 Å². The first kappa shape index (κ1) is 10.8. The van der Waals surface area contributed by atoms with Crippen molar-refractivity contribution in [2.45, 2.75) is 32.9 Å². The van der Waals surface area contributed by atoms with Crippen LogP contribution in [-0.4, -0.2) is 19.7 Å². The Kier molecular flexibility index (Phi) is 3.00. The van der Waals surface area contributed by atoms with E-state index in [-0.39, 0.29) is 6.04 Å². The molecule has 1 atom stereocenters. The van der Waals surface area contributed by atoms with E-state index in [4.69, 9.17) is 10.3 Å². The van der Waals surface area contributed by atoms with Crippen LogP contribution < -0.4 is 5.73 Å². The molecule has 0 aliphatic carbocycles. The highest BCUT2D eigenvalue weighted by molar-refractivity contribution is 5.03. The molecule has 2 N–H and O–H groups in total. The lowest BCUT2D eigenvalue weighted by molar-refractivity contribution is 0.386. The lowest BCUT2D eigenvalue weighted by Gasteiger charge is -2.09. The van der Waals surface area contributed by atoms with Crippen molar-refractivity contribution in [3.63, 3.8) is 0 Å². The summed E-state index contributed by atoms with van der Waals surface area (Å²) < 4.78 is 6.91. The molecular formula is C10H15N5O. The molecule has 2 rings (SSSR count). The van der Waals surface area contributed by atoms with Crippen molar-refractivity contribution >= 4 is 0 Å². The van der Waals surface area contributed by atoms with Gasteiger partial charge in [-0.2, -0.15) is 4.98 Å². The quantitative estimate of drug-likeness (QED) is 0.827. The van der Waals surface area contributed by atoms with Gasteiger partial charge in [0.2, 0.25) is 5.89 Å². The largest absolute Gasteiger partial charge is 0.340 e. The van der Waals surface area contributed by atoms with Crippen molar-refractivity contribution in [3.05, 3.63) is 29.9 Å². The van der Waals surface area contributed by atoms with Gasteiger partial charge in [-0.3, -0.25) is 0 Å². The summed E-state index contributed by atoms with van der Waals surface area (Å²) in [7, 11) is 0. The van der Waals surface area contributed by atoms with Crippen LogP contribution in [0, 0.1) is 6.92 Å². The molecule has 0 radical (unpaired) electrons. The molecule has 0 bridgehead atoms. The molecule has 0 fully saturated rings. The second-order valence-electron chi connectivity index (χ2n) is 3.78. The number of aryl methyl sites for hydroxylation is 3. The van der Waals surface area contributed by atoms with Gasteiger partial charge in [0, 0.05) is 32.1 Å². The summed E-state index contributed by atoms with van der Waals surface area (Å²) >= 11 is 0. The summed E-state index contributed by atoms with van der Waals surface area (Å²) in [4.78, 5) is 8.22. The van der Waals surface area contributed by atoms with Crippen LogP contribution >= 0.6 is 0 Å². The lowest BCUT2D eigenvalue weighted by atomic mass is 10.2. The minimum atomic E-state index is -0.0190. The third-order valence-electron chi connectivity index (χ3n) is 2.36. The Morgan fingerprint density at radius 1 is 1.56 bits per heavy atom. The molecule has 0 saturated heterocycles. The van der Waals surface area contributed by atoms with Gasteiger partial charge in [-0.05, 0) is 6.92 Å². The molecule has 16 heavy (non-hydrogen) atoms. The number of hydrogen-bond donors (Lipinski definition) is 1. The highest BCUT2D eigenvalue weighted by Crippen LogP contribution is 2.09. The van der Waals surface area contributed by atoms with Crippen molar-refractivity contribution in [2.75, 3.05) is 0 Å². The van der Waals surface area contributed by atoms with Crippen molar-refractivity contribution in [2.24, 2.45) is 5.73 Å². The van der Waals surface area contributed by atoms with E-state index >= 15 is 0 Å².